The molecule has 3 rings (SSSR count). The van der Waals surface area contributed by atoms with Crippen molar-refractivity contribution in [2.75, 3.05) is 5.32 Å². The zero-order valence-corrected chi connectivity index (χ0v) is 26.5. The van der Waals surface area contributed by atoms with E-state index in [1.165, 1.54) is 19.3 Å². The second kappa shape index (κ2) is 15.8. The van der Waals surface area contributed by atoms with Crippen molar-refractivity contribution >= 4 is 23.2 Å². The molecule has 0 aromatic heterocycles. The van der Waals surface area contributed by atoms with Gasteiger partial charge >= 0.3 is 0 Å². The lowest BCUT2D eigenvalue weighted by atomic mass is 9.82. The van der Waals surface area contributed by atoms with Gasteiger partial charge in [-0.05, 0) is 107 Å². The lowest BCUT2D eigenvalue weighted by Gasteiger charge is -2.23. The summed E-state index contributed by atoms with van der Waals surface area (Å²) in [7, 11) is 0. The summed E-state index contributed by atoms with van der Waals surface area (Å²) >= 11 is 0. The van der Waals surface area contributed by atoms with Gasteiger partial charge in [0.15, 0.2) is 5.78 Å². The quantitative estimate of drug-likeness (QED) is 0.200. The summed E-state index contributed by atoms with van der Waals surface area (Å²) in [4.78, 5) is 36.2. The lowest BCUT2D eigenvalue weighted by molar-refractivity contribution is -0.119. The van der Waals surface area contributed by atoms with E-state index in [0.717, 1.165) is 42.4 Å². The summed E-state index contributed by atoms with van der Waals surface area (Å²) in [6.07, 6.45) is 8.01. The van der Waals surface area contributed by atoms with Crippen LogP contribution >= 0.6 is 0 Å². The molecule has 1 aliphatic rings. The molecule has 0 aliphatic heterocycles. The van der Waals surface area contributed by atoms with Gasteiger partial charge < -0.3 is 10.4 Å². The van der Waals surface area contributed by atoms with Crippen molar-refractivity contribution in [2.45, 2.75) is 112 Å². The number of aliphatic hydroxyl groups is 1. The predicted molar refractivity (Wildman–Crippen MR) is 169 cm³/mol. The number of hydrogen-bond acceptors (Lipinski definition) is 4. The average molecular weight is 562 g/mol. The topological polar surface area (TPSA) is 83.5 Å². The minimum Gasteiger partial charge on any atom is -0.386 e. The summed E-state index contributed by atoms with van der Waals surface area (Å²) in [5, 5.41) is 12.9. The fourth-order valence-corrected chi connectivity index (χ4v) is 4.76. The van der Waals surface area contributed by atoms with Gasteiger partial charge in [0.2, 0.25) is 0 Å². The zero-order chi connectivity index (χ0) is 30.7. The van der Waals surface area contributed by atoms with Crippen molar-refractivity contribution in [1.29, 1.82) is 0 Å². The van der Waals surface area contributed by atoms with E-state index in [4.69, 9.17) is 0 Å². The molecule has 0 radical (unpaired) electrons. The number of amides is 1. The maximum absolute atomic E-state index is 12.5. The molecule has 0 bridgehead atoms. The summed E-state index contributed by atoms with van der Waals surface area (Å²) in [6, 6.07) is 12.4. The summed E-state index contributed by atoms with van der Waals surface area (Å²) in [5.74, 6) is 0.934. The fourth-order valence-electron chi connectivity index (χ4n) is 4.76. The van der Waals surface area contributed by atoms with E-state index in [2.05, 4.69) is 19.2 Å². The van der Waals surface area contributed by atoms with E-state index >= 15 is 0 Å². The maximum Gasteiger partial charge on any atom is 0.255 e. The van der Waals surface area contributed by atoms with Crippen molar-refractivity contribution < 1.29 is 19.5 Å². The van der Waals surface area contributed by atoms with E-state index in [0.29, 0.717) is 29.4 Å². The number of anilines is 1. The third kappa shape index (κ3) is 10.1. The van der Waals surface area contributed by atoms with Crippen molar-refractivity contribution in [2.24, 2.45) is 11.8 Å². The second-order valence-electron chi connectivity index (χ2n) is 12.0. The highest BCUT2D eigenvalue weighted by Crippen LogP contribution is 2.33. The van der Waals surface area contributed by atoms with Crippen LogP contribution in [0.2, 0.25) is 0 Å². The van der Waals surface area contributed by atoms with Gasteiger partial charge in [0.05, 0.1) is 5.60 Å². The van der Waals surface area contributed by atoms with Gasteiger partial charge in [-0.1, -0.05) is 57.9 Å². The monoisotopic (exact) mass is 561 g/mol. The zero-order valence-electron chi connectivity index (χ0n) is 26.5. The lowest BCUT2D eigenvalue weighted by Crippen LogP contribution is -2.17. The Hall–Kier alpha value is -3.05. The first-order chi connectivity index (χ1) is 19.3. The summed E-state index contributed by atoms with van der Waals surface area (Å²) in [6.45, 7) is 15.8. The highest BCUT2D eigenvalue weighted by molar-refractivity contribution is 6.05. The van der Waals surface area contributed by atoms with E-state index in [9.17, 15) is 19.5 Å². The fraction of sp³-hybridized carbons (Fsp3) is 0.528. The molecule has 5 nitrogen and oxygen atoms in total. The van der Waals surface area contributed by atoms with Crippen molar-refractivity contribution in [3.8, 4) is 0 Å². The highest BCUT2D eigenvalue weighted by Gasteiger charge is 2.19. The van der Waals surface area contributed by atoms with Crippen molar-refractivity contribution in [3.05, 3.63) is 75.9 Å². The number of ketones is 2. The molecule has 224 valence electrons. The molecule has 2 aromatic rings. The Kier molecular flexibility index (Phi) is 13.2. The van der Waals surface area contributed by atoms with Gasteiger partial charge in [-0.3, -0.25) is 14.4 Å². The third-order valence-electron chi connectivity index (χ3n) is 8.43. The molecule has 2 unspecified atom stereocenters. The number of hydrogen-bond donors (Lipinski definition) is 2. The number of nitrogens with one attached hydrogen (secondary N) is 1. The van der Waals surface area contributed by atoms with Crippen molar-refractivity contribution in [3.63, 3.8) is 0 Å². The van der Waals surface area contributed by atoms with E-state index in [1.807, 2.05) is 33.8 Å². The Balaban J connectivity index is 0.000000353. The molecular weight excluding hydrogens is 510 g/mol. The van der Waals surface area contributed by atoms with Crippen LogP contribution in [0.15, 0.2) is 53.6 Å². The summed E-state index contributed by atoms with van der Waals surface area (Å²) < 4.78 is 0. The van der Waals surface area contributed by atoms with Crippen LogP contribution in [-0.2, 0) is 16.8 Å². The molecule has 2 atom stereocenters. The number of carbonyl (C=O) groups is 3. The van der Waals surface area contributed by atoms with Crippen molar-refractivity contribution in [1.82, 2.24) is 0 Å². The van der Waals surface area contributed by atoms with Gasteiger partial charge in [0, 0.05) is 35.6 Å². The first-order valence-corrected chi connectivity index (χ1v) is 15.3. The van der Waals surface area contributed by atoms with E-state index < -0.39 is 5.60 Å². The van der Waals surface area contributed by atoms with Crippen LogP contribution in [0.25, 0.3) is 0 Å². The molecular formula is C36H51NO4. The van der Waals surface area contributed by atoms with Crippen LogP contribution in [0.5, 0.6) is 0 Å². The largest absolute Gasteiger partial charge is 0.386 e. The number of benzene rings is 2. The molecule has 2 N–H and O–H groups in total. The molecule has 1 saturated carbocycles. The number of allylic oxidation sites excluding steroid dienone is 2. The van der Waals surface area contributed by atoms with Gasteiger partial charge in [-0.15, -0.1) is 0 Å². The Labute approximate surface area is 247 Å². The van der Waals surface area contributed by atoms with Crippen LogP contribution in [0.1, 0.15) is 132 Å². The molecule has 0 heterocycles. The molecule has 2 aromatic carbocycles. The number of rotatable bonds is 12. The molecule has 1 aliphatic carbocycles. The third-order valence-corrected chi connectivity index (χ3v) is 8.43. The molecule has 0 spiro atoms. The molecule has 1 fully saturated rings. The minimum absolute atomic E-state index is 0.00923. The first-order valence-electron chi connectivity index (χ1n) is 15.3. The first kappa shape index (κ1) is 34.2. The smallest absolute Gasteiger partial charge is 0.255 e. The maximum atomic E-state index is 12.5. The van der Waals surface area contributed by atoms with Crippen LogP contribution in [0, 0.1) is 11.8 Å². The minimum atomic E-state index is -0.941. The molecule has 41 heavy (non-hydrogen) atoms. The molecule has 1 amide bonds. The van der Waals surface area contributed by atoms with Crippen LogP contribution in [-0.4, -0.2) is 22.6 Å². The SMILES string of the molecule is CCC(=O)CCC(C)C(C)=C1CCC1.CCc1cc(NC(=O)c2ccc(C(C)(C)O)cc2)ccc1C(=O)C(C)CC. The highest BCUT2D eigenvalue weighted by atomic mass is 16.3. The van der Waals surface area contributed by atoms with E-state index in [1.54, 1.807) is 61.4 Å². The number of aryl methyl sites for hydroxylation is 1. The van der Waals surface area contributed by atoms with Gasteiger partial charge in [0.1, 0.15) is 5.78 Å². The van der Waals surface area contributed by atoms with E-state index in [-0.39, 0.29) is 17.6 Å². The second-order valence-corrected chi connectivity index (χ2v) is 12.0. The number of Topliss-reactive ketones (excluding diaryl/α,β-unsaturated/α-hetero) is 2. The Bertz CT molecular complexity index is 1210. The molecule has 5 heteroatoms. The standard InChI is InChI=1S/C23H29NO3.C13H22O/c1-6-15(3)21(25)20-13-12-19(14-16(20)7-2)24-22(26)17-8-10-18(11-9-17)23(4,5)27;1-4-13(14)9-8-10(2)11(3)12-6-5-7-12/h8-15,27H,6-7H2,1-5H3,(H,24,26);10H,4-9H2,1-3H3. The predicted octanol–water partition coefficient (Wildman–Crippen LogP) is 8.84. The van der Waals surface area contributed by atoms with Gasteiger partial charge in [-0.2, -0.15) is 0 Å². The molecule has 0 saturated heterocycles. The summed E-state index contributed by atoms with van der Waals surface area (Å²) in [5.41, 5.74) is 5.88. The Morgan fingerprint density at radius 1 is 0.951 bits per heavy atom. The van der Waals surface area contributed by atoms with Crippen LogP contribution in [0.3, 0.4) is 0 Å². The number of carbonyl (C=O) groups excluding carboxylic acids is 3. The van der Waals surface area contributed by atoms with Gasteiger partial charge in [-0.25, -0.2) is 0 Å². The average Bonchev–Trinajstić information content (AvgIpc) is 2.93. The van der Waals surface area contributed by atoms with Crippen LogP contribution < -0.4 is 5.32 Å². The Morgan fingerprint density at radius 3 is 2.07 bits per heavy atom. The van der Waals surface area contributed by atoms with Gasteiger partial charge in [0.25, 0.3) is 5.91 Å². The normalized spacial score (nSPS) is 14.2. The van der Waals surface area contributed by atoms with Crippen LogP contribution in [0.4, 0.5) is 5.69 Å². The Morgan fingerprint density at radius 2 is 1.59 bits per heavy atom.